The number of carbonyl (C=O) groups is 1. The van der Waals surface area contributed by atoms with Crippen molar-refractivity contribution in [1.29, 1.82) is 0 Å². The number of hydrogen-bond acceptors (Lipinski definition) is 3. The van der Waals surface area contributed by atoms with Gasteiger partial charge in [-0.05, 0) is 30.2 Å². The molecule has 1 aromatic heterocycles. The van der Waals surface area contributed by atoms with Crippen LogP contribution < -0.4 is 5.32 Å². The number of hydrogen-bond donors (Lipinski definition) is 2. The number of rotatable bonds is 5. The lowest BCUT2D eigenvalue weighted by molar-refractivity contribution is 0.0697. The molecule has 0 unspecified atom stereocenters. The van der Waals surface area contributed by atoms with Crippen molar-refractivity contribution in [2.45, 2.75) is 19.8 Å². The van der Waals surface area contributed by atoms with Crippen LogP contribution in [-0.2, 0) is 6.42 Å². The summed E-state index contributed by atoms with van der Waals surface area (Å²) in [6.45, 7) is 2.11. The molecule has 0 fully saturated rings. The molecule has 5 heteroatoms. The monoisotopic (exact) mass is 290 g/mol. The Morgan fingerprint density at radius 3 is 2.80 bits per heavy atom. The Morgan fingerprint density at radius 2 is 2.10 bits per heavy atom. The summed E-state index contributed by atoms with van der Waals surface area (Å²) in [5.74, 6) is -0.599. The van der Waals surface area contributed by atoms with Crippen molar-refractivity contribution in [2.75, 3.05) is 5.32 Å². The van der Waals surface area contributed by atoms with Crippen LogP contribution in [0.15, 0.2) is 36.4 Å². The summed E-state index contributed by atoms with van der Waals surface area (Å²) in [4.78, 5) is 15.1. The Morgan fingerprint density at radius 1 is 1.35 bits per heavy atom. The highest BCUT2D eigenvalue weighted by Crippen LogP contribution is 2.23. The molecule has 4 nitrogen and oxygen atoms in total. The molecule has 0 aliphatic carbocycles. The van der Waals surface area contributed by atoms with E-state index in [2.05, 4.69) is 17.2 Å². The number of para-hydroxylation sites is 1. The Balaban J connectivity index is 2.32. The molecule has 0 saturated heterocycles. The highest BCUT2D eigenvalue weighted by Gasteiger charge is 2.09. The topological polar surface area (TPSA) is 62.2 Å². The standard InChI is InChI=1S/C15H15ClN2O2/c1-2-5-10-6-3-4-7-12(10)17-14-9-11(15(19)20)8-13(16)18-14/h3-4,6-9H,2,5H2,1H3,(H,17,18)(H,19,20). The summed E-state index contributed by atoms with van der Waals surface area (Å²) >= 11 is 5.85. The summed E-state index contributed by atoms with van der Waals surface area (Å²) in [6, 6.07) is 10.7. The summed E-state index contributed by atoms with van der Waals surface area (Å²) in [7, 11) is 0. The van der Waals surface area contributed by atoms with Gasteiger partial charge in [0.05, 0.1) is 5.56 Å². The lowest BCUT2D eigenvalue weighted by Crippen LogP contribution is -2.02. The number of aryl methyl sites for hydroxylation is 1. The molecule has 0 aliphatic rings. The first kappa shape index (κ1) is 14.3. The predicted octanol–water partition coefficient (Wildman–Crippen LogP) is 4.13. The van der Waals surface area contributed by atoms with Crippen LogP contribution in [0.3, 0.4) is 0 Å². The van der Waals surface area contributed by atoms with Crippen LogP contribution in [0, 0.1) is 0 Å². The summed E-state index contributed by atoms with van der Waals surface area (Å²) in [6.07, 6.45) is 1.97. The maximum absolute atomic E-state index is 11.0. The second-order valence-corrected chi connectivity index (χ2v) is 4.79. The number of nitrogens with zero attached hydrogens (tertiary/aromatic N) is 1. The van der Waals surface area contributed by atoms with E-state index < -0.39 is 5.97 Å². The Kier molecular flexibility index (Phi) is 4.58. The van der Waals surface area contributed by atoms with Crippen LogP contribution in [0.5, 0.6) is 0 Å². The molecule has 0 bridgehead atoms. The molecule has 2 aromatic rings. The molecule has 20 heavy (non-hydrogen) atoms. The van der Waals surface area contributed by atoms with Gasteiger partial charge in [0.15, 0.2) is 0 Å². The summed E-state index contributed by atoms with van der Waals surface area (Å²) in [5, 5.41) is 12.3. The molecule has 2 rings (SSSR count). The van der Waals surface area contributed by atoms with Gasteiger partial charge < -0.3 is 10.4 Å². The van der Waals surface area contributed by atoms with E-state index in [1.54, 1.807) is 0 Å². The van der Waals surface area contributed by atoms with Crippen LogP contribution in [-0.4, -0.2) is 16.1 Å². The summed E-state index contributed by atoms with van der Waals surface area (Å²) < 4.78 is 0. The molecular formula is C15H15ClN2O2. The van der Waals surface area contributed by atoms with Gasteiger partial charge >= 0.3 is 5.97 Å². The Bertz CT molecular complexity index is 629. The van der Waals surface area contributed by atoms with Gasteiger partial charge in [-0.3, -0.25) is 0 Å². The molecule has 0 aliphatic heterocycles. The van der Waals surface area contributed by atoms with Gasteiger partial charge in [0.1, 0.15) is 11.0 Å². The van der Waals surface area contributed by atoms with E-state index >= 15 is 0 Å². The molecule has 1 aromatic carbocycles. The van der Waals surface area contributed by atoms with E-state index in [1.165, 1.54) is 12.1 Å². The zero-order valence-corrected chi connectivity index (χ0v) is 11.8. The van der Waals surface area contributed by atoms with Gasteiger partial charge in [-0.1, -0.05) is 43.1 Å². The zero-order chi connectivity index (χ0) is 14.5. The molecular weight excluding hydrogens is 276 g/mol. The van der Waals surface area contributed by atoms with Crippen molar-refractivity contribution < 1.29 is 9.90 Å². The molecule has 0 atom stereocenters. The van der Waals surface area contributed by atoms with Gasteiger partial charge in [-0.25, -0.2) is 9.78 Å². The summed E-state index contributed by atoms with van der Waals surface area (Å²) in [5.41, 5.74) is 2.19. The third-order valence-corrected chi connectivity index (χ3v) is 3.03. The fourth-order valence-electron chi connectivity index (χ4n) is 1.95. The zero-order valence-electron chi connectivity index (χ0n) is 11.1. The lowest BCUT2D eigenvalue weighted by atomic mass is 10.1. The number of aromatic carboxylic acids is 1. The number of carboxylic acids is 1. The van der Waals surface area contributed by atoms with Gasteiger partial charge in [-0.15, -0.1) is 0 Å². The SMILES string of the molecule is CCCc1ccccc1Nc1cc(C(=O)O)cc(Cl)n1. The fourth-order valence-corrected chi connectivity index (χ4v) is 2.16. The normalized spacial score (nSPS) is 10.3. The van der Waals surface area contributed by atoms with Crippen molar-refractivity contribution in [3.8, 4) is 0 Å². The number of carboxylic acid groups (broad SMARTS) is 1. The first-order valence-corrected chi connectivity index (χ1v) is 6.73. The average Bonchev–Trinajstić information content (AvgIpc) is 2.40. The number of aromatic nitrogens is 1. The first-order valence-electron chi connectivity index (χ1n) is 6.36. The highest BCUT2D eigenvalue weighted by molar-refractivity contribution is 6.29. The van der Waals surface area contributed by atoms with Gasteiger partial charge in [-0.2, -0.15) is 0 Å². The van der Waals surface area contributed by atoms with Gasteiger partial charge in [0.25, 0.3) is 0 Å². The van der Waals surface area contributed by atoms with Crippen molar-refractivity contribution in [2.24, 2.45) is 0 Å². The Hall–Kier alpha value is -2.07. The number of pyridine rings is 1. The maximum Gasteiger partial charge on any atom is 0.335 e. The third kappa shape index (κ3) is 3.48. The van der Waals surface area contributed by atoms with Crippen molar-refractivity contribution in [3.05, 3.63) is 52.7 Å². The highest BCUT2D eigenvalue weighted by atomic mass is 35.5. The Labute approximate surface area is 122 Å². The van der Waals surface area contributed by atoms with E-state index in [-0.39, 0.29) is 10.7 Å². The van der Waals surface area contributed by atoms with Crippen LogP contribution in [0.2, 0.25) is 5.15 Å². The largest absolute Gasteiger partial charge is 0.478 e. The third-order valence-electron chi connectivity index (χ3n) is 2.84. The fraction of sp³-hybridized carbons (Fsp3) is 0.200. The van der Waals surface area contributed by atoms with Crippen molar-refractivity contribution in [3.63, 3.8) is 0 Å². The minimum absolute atomic E-state index is 0.112. The second kappa shape index (κ2) is 6.39. The maximum atomic E-state index is 11.0. The van der Waals surface area contributed by atoms with Crippen molar-refractivity contribution in [1.82, 2.24) is 4.98 Å². The van der Waals surface area contributed by atoms with E-state index in [1.807, 2.05) is 24.3 Å². The van der Waals surface area contributed by atoms with E-state index in [4.69, 9.17) is 16.7 Å². The minimum atomic E-state index is -1.03. The van der Waals surface area contributed by atoms with Crippen LogP contribution >= 0.6 is 11.6 Å². The molecule has 2 N–H and O–H groups in total. The van der Waals surface area contributed by atoms with Crippen LogP contribution in [0.4, 0.5) is 11.5 Å². The average molecular weight is 291 g/mol. The number of halogens is 1. The molecule has 0 amide bonds. The lowest BCUT2D eigenvalue weighted by Gasteiger charge is -2.11. The molecule has 0 radical (unpaired) electrons. The number of anilines is 2. The van der Waals surface area contributed by atoms with Crippen LogP contribution in [0.25, 0.3) is 0 Å². The quantitative estimate of drug-likeness (QED) is 0.813. The number of nitrogens with one attached hydrogen (secondary N) is 1. The van der Waals surface area contributed by atoms with E-state index in [0.717, 1.165) is 24.1 Å². The second-order valence-electron chi connectivity index (χ2n) is 4.40. The molecule has 1 heterocycles. The number of benzene rings is 1. The van der Waals surface area contributed by atoms with Crippen molar-refractivity contribution >= 4 is 29.1 Å². The predicted molar refractivity (Wildman–Crippen MR) is 79.9 cm³/mol. The molecule has 104 valence electrons. The smallest absolute Gasteiger partial charge is 0.335 e. The minimum Gasteiger partial charge on any atom is -0.478 e. The van der Waals surface area contributed by atoms with E-state index in [0.29, 0.717) is 5.82 Å². The molecule has 0 spiro atoms. The van der Waals surface area contributed by atoms with Gasteiger partial charge in [0.2, 0.25) is 0 Å². The van der Waals surface area contributed by atoms with Gasteiger partial charge in [0, 0.05) is 5.69 Å². The van der Waals surface area contributed by atoms with E-state index in [9.17, 15) is 4.79 Å². The van der Waals surface area contributed by atoms with Crippen LogP contribution in [0.1, 0.15) is 29.3 Å². The first-order chi connectivity index (χ1) is 9.60. The molecule has 0 saturated carbocycles.